The van der Waals surface area contributed by atoms with Crippen molar-refractivity contribution in [2.45, 2.75) is 88.3 Å². The van der Waals surface area contributed by atoms with Crippen LogP contribution in [0, 0.1) is 0 Å². The highest BCUT2D eigenvalue weighted by Crippen LogP contribution is 2.34. The molecule has 6 heterocycles. The molecule has 0 spiro atoms. The maximum Gasteiger partial charge on any atom is 0.329 e. The summed E-state index contributed by atoms with van der Waals surface area (Å²) in [5, 5.41) is 10.6. The molecule has 1 saturated carbocycles. The van der Waals surface area contributed by atoms with Gasteiger partial charge in [-0.2, -0.15) is 5.10 Å². The van der Waals surface area contributed by atoms with E-state index in [-0.39, 0.29) is 30.5 Å². The number of amides is 3. The lowest BCUT2D eigenvalue weighted by atomic mass is 9.89. The highest BCUT2D eigenvalue weighted by atomic mass is 16.6. The number of hydrogen-bond donors (Lipinski definition) is 2. The van der Waals surface area contributed by atoms with Crippen LogP contribution in [0.4, 0.5) is 5.82 Å². The van der Waals surface area contributed by atoms with E-state index < -0.39 is 11.9 Å². The standard InChI is InChI=1S/C45H63N9O9/c1-50-41-33(4-2-6-37(41)54(45(50)58)38-11-12-39(55)49-44(38)57)5-3-21-59-24-25-61-26-27-62-28-29-63-30-40(56)52-19-17-51(18-20-52)35-9-7-34(8-10-35)48-43-42-36(32-14-22-60-23-15-32)13-16-53(42)47-31-46-43/h2,4,6,13,16,31-32,34-35,38H,3,5,7-12,14-15,17-30H2,1H3,(H,46,47,48)(H,49,55,57). The number of anilines is 1. The number of ether oxygens (including phenoxy) is 5. The SMILES string of the molecule is Cn1c(=O)n(C2CCC(=O)NC2=O)c2cccc(CCCOCCOCCOCCOCC(=O)N3CCN(C4CCC(Nc5ncnn6ccc(C7CCOCC7)c56)CC4)CC3)c21. The molecule has 4 fully saturated rings. The van der Waals surface area contributed by atoms with Crippen LogP contribution in [0.1, 0.15) is 80.9 Å². The summed E-state index contributed by atoms with van der Waals surface area (Å²) in [6.45, 7) is 7.91. The van der Waals surface area contributed by atoms with Crippen LogP contribution in [0.25, 0.3) is 16.6 Å². The van der Waals surface area contributed by atoms with Gasteiger partial charge in [0.25, 0.3) is 0 Å². The first-order valence-electron chi connectivity index (χ1n) is 22.9. The molecule has 3 aromatic heterocycles. The number of hydrogen-bond acceptors (Lipinski definition) is 13. The second-order valence-corrected chi connectivity index (χ2v) is 17.1. The number of nitrogens with one attached hydrogen (secondary N) is 2. The Morgan fingerprint density at radius 2 is 1.56 bits per heavy atom. The molecule has 18 heteroatoms. The van der Waals surface area contributed by atoms with Crippen molar-refractivity contribution in [3.63, 3.8) is 0 Å². The van der Waals surface area contributed by atoms with Gasteiger partial charge in [-0.3, -0.25) is 33.7 Å². The van der Waals surface area contributed by atoms with Crippen molar-refractivity contribution in [1.29, 1.82) is 0 Å². The van der Waals surface area contributed by atoms with Crippen LogP contribution in [0.2, 0.25) is 0 Å². The number of piperidine rings is 1. The van der Waals surface area contributed by atoms with Gasteiger partial charge in [0.1, 0.15) is 24.5 Å². The Kier molecular flexibility index (Phi) is 15.5. The number of aromatic nitrogens is 5. The molecule has 0 bridgehead atoms. The Morgan fingerprint density at radius 1 is 0.841 bits per heavy atom. The lowest BCUT2D eigenvalue weighted by molar-refractivity contribution is -0.139. The van der Waals surface area contributed by atoms with E-state index in [2.05, 4.69) is 31.7 Å². The number of carbonyl (C=O) groups excluding carboxylic acids is 3. The van der Waals surface area contributed by atoms with Crippen molar-refractivity contribution >= 4 is 40.1 Å². The number of piperazine rings is 1. The molecule has 18 nitrogen and oxygen atoms in total. The van der Waals surface area contributed by atoms with Gasteiger partial charge in [0.15, 0.2) is 5.82 Å². The third-order valence-electron chi connectivity index (χ3n) is 13.2. The number of carbonyl (C=O) groups is 3. The van der Waals surface area contributed by atoms with Crippen LogP contribution < -0.4 is 16.3 Å². The predicted octanol–water partition coefficient (Wildman–Crippen LogP) is 2.82. The molecule has 4 aromatic rings. The Balaban J connectivity index is 0.635. The molecule has 2 N–H and O–H groups in total. The number of benzene rings is 1. The minimum absolute atomic E-state index is 0.0269. The number of aryl methyl sites for hydroxylation is 2. The molecular formula is C45H63N9O9. The summed E-state index contributed by atoms with van der Waals surface area (Å²) in [6.07, 6.45) is 12.1. The quantitative estimate of drug-likeness (QED) is 0.0978. The third-order valence-corrected chi connectivity index (χ3v) is 13.2. The second-order valence-electron chi connectivity index (χ2n) is 17.1. The Labute approximate surface area is 367 Å². The first-order chi connectivity index (χ1) is 30.9. The molecule has 63 heavy (non-hydrogen) atoms. The van der Waals surface area contributed by atoms with E-state index in [4.69, 9.17) is 23.7 Å². The van der Waals surface area contributed by atoms with Gasteiger partial charge in [0.2, 0.25) is 17.7 Å². The normalized spacial score (nSPS) is 21.7. The molecule has 0 radical (unpaired) electrons. The van der Waals surface area contributed by atoms with E-state index in [9.17, 15) is 19.2 Å². The lowest BCUT2D eigenvalue weighted by Crippen LogP contribution is -2.53. The van der Waals surface area contributed by atoms with Crippen LogP contribution in [0.5, 0.6) is 0 Å². The summed E-state index contributed by atoms with van der Waals surface area (Å²) < 4.78 is 33.3. The van der Waals surface area contributed by atoms with Crippen LogP contribution in [0.3, 0.4) is 0 Å². The molecule has 1 aromatic carbocycles. The predicted molar refractivity (Wildman–Crippen MR) is 234 cm³/mol. The van der Waals surface area contributed by atoms with E-state index in [1.807, 2.05) is 33.8 Å². The van der Waals surface area contributed by atoms with E-state index in [0.29, 0.717) is 82.6 Å². The zero-order chi connectivity index (χ0) is 43.5. The van der Waals surface area contributed by atoms with Crippen LogP contribution in [-0.4, -0.2) is 156 Å². The number of nitrogens with zero attached hydrogens (tertiary/aromatic N) is 7. The van der Waals surface area contributed by atoms with Crippen LogP contribution in [0.15, 0.2) is 41.6 Å². The second kappa shape index (κ2) is 21.8. The van der Waals surface area contributed by atoms with Crippen molar-refractivity contribution in [3.8, 4) is 0 Å². The fraction of sp³-hybridized carbons (Fsp3) is 0.644. The molecule has 8 rings (SSSR count). The fourth-order valence-corrected chi connectivity index (χ4v) is 9.76. The molecule has 1 atom stereocenters. The van der Waals surface area contributed by atoms with Gasteiger partial charge in [0.05, 0.1) is 50.7 Å². The molecular weight excluding hydrogens is 811 g/mol. The topological polar surface area (TPSA) is 185 Å². The minimum Gasteiger partial charge on any atom is -0.381 e. The van der Waals surface area contributed by atoms with Crippen molar-refractivity contribution in [2.24, 2.45) is 7.05 Å². The molecule has 342 valence electrons. The molecule has 3 aliphatic heterocycles. The summed E-state index contributed by atoms with van der Waals surface area (Å²) in [4.78, 5) is 59.4. The summed E-state index contributed by atoms with van der Waals surface area (Å²) in [7, 11) is 1.71. The summed E-state index contributed by atoms with van der Waals surface area (Å²) in [5.41, 5.74) is 4.63. The largest absolute Gasteiger partial charge is 0.381 e. The van der Waals surface area contributed by atoms with Crippen LogP contribution in [-0.2, 0) is 51.5 Å². The van der Waals surface area contributed by atoms with Gasteiger partial charge in [-0.05, 0) is 87.0 Å². The molecule has 3 saturated heterocycles. The summed E-state index contributed by atoms with van der Waals surface area (Å²) in [5.74, 6) is 0.688. The first kappa shape index (κ1) is 44.9. The number of imide groups is 1. The first-order valence-corrected chi connectivity index (χ1v) is 22.9. The van der Waals surface area contributed by atoms with Crippen molar-refractivity contribution in [1.82, 2.24) is 38.8 Å². The monoisotopic (exact) mass is 873 g/mol. The van der Waals surface area contributed by atoms with E-state index >= 15 is 0 Å². The Hall–Kier alpha value is -4.72. The van der Waals surface area contributed by atoms with Crippen LogP contribution >= 0.6 is 0 Å². The Morgan fingerprint density at radius 3 is 2.29 bits per heavy atom. The van der Waals surface area contributed by atoms with Gasteiger partial charge in [-0.1, -0.05) is 12.1 Å². The lowest BCUT2D eigenvalue weighted by Gasteiger charge is -2.42. The van der Waals surface area contributed by atoms with Gasteiger partial charge in [-0.15, -0.1) is 0 Å². The minimum atomic E-state index is -0.706. The van der Waals surface area contributed by atoms with E-state index in [0.717, 1.165) is 107 Å². The zero-order valence-electron chi connectivity index (χ0n) is 36.5. The average Bonchev–Trinajstić information content (AvgIpc) is 3.86. The average molecular weight is 874 g/mol. The zero-order valence-corrected chi connectivity index (χ0v) is 36.5. The third kappa shape index (κ3) is 11.0. The maximum absolute atomic E-state index is 13.2. The van der Waals surface area contributed by atoms with Gasteiger partial charge >= 0.3 is 5.69 Å². The summed E-state index contributed by atoms with van der Waals surface area (Å²) >= 11 is 0. The van der Waals surface area contributed by atoms with Crippen molar-refractivity contribution in [3.05, 3.63) is 58.4 Å². The van der Waals surface area contributed by atoms with Crippen molar-refractivity contribution in [2.75, 3.05) is 97.6 Å². The van der Waals surface area contributed by atoms with Crippen molar-refractivity contribution < 1.29 is 38.1 Å². The molecule has 4 aliphatic rings. The number of imidazole rings is 1. The molecule has 1 aliphatic carbocycles. The highest BCUT2D eigenvalue weighted by molar-refractivity contribution is 6.00. The fourth-order valence-electron chi connectivity index (χ4n) is 9.76. The number of rotatable bonds is 20. The number of para-hydroxylation sites is 1. The summed E-state index contributed by atoms with van der Waals surface area (Å²) in [6, 6.07) is 8.13. The Bertz CT molecular complexity index is 2220. The van der Waals surface area contributed by atoms with Gasteiger partial charge in [-0.25, -0.2) is 14.3 Å². The maximum atomic E-state index is 13.2. The highest BCUT2D eigenvalue weighted by Gasteiger charge is 2.33. The molecule has 3 amide bonds. The van der Waals surface area contributed by atoms with E-state index in [1.165, 1.54) is 10.1 Å². The van der Waals surface area contributed by atoms with E-state index in [1.54, 1.807) is 17.9 Å². The number of fused-ring (bicyclic) bond motifs is 2. The van der Waals surface area contributed by atoms with Gasteiger partial charge in [0, 0.05) is 77.7 Å². The smallest absolute Gasteiger partial charge is 0.329 e. The molecule has 1 unspecified atom stereocenters. The van der Waals surface area contributed by atoms with Gasteiger partial charge < -0.3 is 33.9 Å².